The molecule has 23 heavy (non-hydrogen) atoms. The van der Waals surface area contributed by atoms with Crippen molar-refractivity contribution in [3.8, 4) is 5.75 Å². The second kappa shape index (κ2) is 7.80. The van der Waals surface area contributed by atoms with E-state index in [9.17, 15) is 14.0 Å². The molecular formula is C16H22FN3O3. The zero-order chi connectivity index (χ0) is 16.8. The molecule has 1 aromatic carbocycles. The number of urea groups is 1. The van der Waals surface area contributed by atoms with Gasteiger partial charge in [0, 0.05) is 12.6 Å². The summed E-state index contributed by atoms with van der Waals surface area (Å²) in [5.41, 5.74) is 0.608. The molecule has 0 heterocycles. The predicted octanol–water partition coefficient (Wildman–Crippen LogP) is 1.69. The topological polar surface area (TPSA) is 79.5 Å². The van der Waals surface area contributed by atoms with Gasteiger partial charge in [-0.1, -0.05) is 6.07 Å². The number of amides is 3. The van der Waals surface area contributed by atoms with Crippen LogP contribution in [0.1, 0.15) is 32.3 Å². The van der Waals surface area contributed by atoms with Crippen molar-refractivity contribution in [1.29, 1.82) is 0 Å². The van der Waals surface area contributed by atoms with E-state index in [1.54, 1.807) is 6.07 Å². The first kappa shape index (κ1) is 17.1. The van der Waals surface area contributed by atoms with Crippen LogP contribution in [0, 0.1) is 5.82 Å². The number of carbonyl (C=O) groups is 2. The molecule has 0 bridgehead atoms. The van der Waals surface area contributed by atoms with Gasteiger partial charge in [-0.05, 0) is 44.4 Å². The number of nitrogens with one attached hydrogen (secondary N) is 3. The molecule has 7 heteroatoms. The van der Waals surface area contributed by atoms with Crippen molar-refractivity contribution in [3.63, 3.8) is 0 Å². The van der Waals surface area contributed by atoms with Crippen LogP contribution in [0.15, 0.2) is 18.2 Å². The minimum absolute atomic E-state index is 0.0716. The summed E-state index contributed by atoms with van der Waals surface area (Å²) in [5.74, 6) is -0.490. The van der Waals surface area contributed by atoms with Gasteiger partial charge in [0.25, 0.3) is 0 Å². The Kier molecular flexibility index (Phi) is 5.78. The Balaban J connectivity index is 1.72. The van der Waals surface area contributed by atoms with Crippen LogP contribution < -0.4 is 20.7 Å². The Morgan fingerprint density at radius 1 is 1.30 bits per heavy atom. The number of carbonyl (C=O) groups excluding carboxylic acids is 2. The lowest BCUT2D eigenvalue weighted by molar-refractivity contribution is -0.120. The molecule has 3 amide bonds. The quantitative estimate of drug-likeness (QED) is 0.714. The first-order chi connectivity index (χ1) is 10.9. The van der Waals surface area contributed by atoms with E-state index in [1.807, 2.05) is 13.8 Å². The van der Waals surface area contributed by atoms with Crippen LogP contribution in [0.25, 0.3) is 0 Å². The number of rotatable bonds is 7. The van der Waals surface area contributed by atoms with E-state index in [0.29, 0.717) is 5.56 Å². The maximum atomic E-state index is 13.8. The first-order valence-electron chi connectivity index (χ1n) is 7.70. The van der Waals surface area contributed by atoms with Gasteiger partial charge in [-0.3, -0.25) is 4.79 Å². The SMILES string of the molecule is CC(C)Oc1ccc(CNC(=O)NCC(=O)NC2CC2)cc1F. The lowest BCUT2D eigenvalue weighted by Crippen LogP contribution is -2.42. The van der Waals surface area contributed by atoms with Crippen LogP contribution in [0.3, 0.4) is 0 Å². The zero-order valence-electron chi connectivity index (χ0n) is 13.3. The Bertz CT molecular complexity index is 574. The molecule has 1 aliphatic rings. The van der Waals surface area contributed by atoms with Gasteiger partial charge in [-0.25, -0.2) is 9.18 Å². The molecular weight excluding hydrogens is 301 g/mol. The number of hydrogen-bond donors (Lipinski definition) is 3. The van der Waals surface area contributed by atoms with Gasteiger partial charge in [-0.15, -0.1) is 0 Å². The summed E-state index contributed by atoms with van der Waals surface area (Å²) in [6.45, 7) is 3.73. The fourth-order valence-electron chi connectivity index (χ4n) is 1.92. The summed E-state index contributed by atoms with van der Waals surface area (Å²) in [5, 5.41) is 7.80. The Morgan fingerprint density at radius 3 is 2.65 bits per heavy atom. The highest BCUT2D eigenvalue weighted by molar-refractivity contribution is 5.84. The Hall–Kier alpha value is -2.31. The summed E-state index contributed by atoms with van der Waals surface area (Å²) in [4.78, 5) is 23.0. The van der Waals surface area contributed by atoms with Crippen LogP contribution in [0.5, 0.6) is 5.75 Å². The van der Waals surface area contributed by atoms with Gasteiger partial charge < -0.3 is 20.7 Å². The van der Waals surface area contributed by atoms with E-state index in [2.05, 4.69) is 16.0 Å². The number of halogens is 1. The molecule has 0 radical (unpaired) electrons. The van der Waals surface area contributed by atoms with Gasteiger partial charge in [0.15, 0.2) is 11.6 Å². The highest BCUT2D eigenvalue weighted by Gasteiger charge is 2.23. The highest BCUT2D eigenvalue weighted by atomic mass is 19.1. The maximum Gasteiger partial charge on any atom is 0.315 e. The normalized spacial score (nSPS) is 13.6. The number of hydrogen-bond acceptors (Lipinski definition) is 3. The third-order valence-electron chi connectivity index (χ3n) is 3.16. The zero-order valence-corrected chi connectivity index (χ0v) is 13.3. The average Bonchev–Trinajstić information content (AvgIpc) is 3.29. The fourth-order valence-corrected chi connectivity index (χ4v) is 1.92. The van der Waals surface area contributed by atoms with Gasteiger partial charge in [0.2, 0.25) is 5.91 Å². The van der Waals surface area contributed by atoms with E-state index < -0.39 is 11.8 Å². The third-order valence-corrected chi connectivity index (χ3v) is 3.16. The van der Waals surface area contributed by atoms with E-state index in [0.717, 1.165) is 12.8 Å². The van der Waals surface area contributed by atoms with Crippen LogP contribution in [0.4, 0.5) is 9.18 Å². The summed E-state index contributed by atoms with van der Waals surface area (Å²) in [6.07, 6.45) is 1.89. The van der Waals surface area contributed by atoms with E-state index >= 15 is 0 Å². The van der Waals surface area contributed by atoms with Gasteiger partial charge >= 0.3 is 6.03 Å². The van der Waals surface area contributed by atoms with Crippen molar-refractivity contribution >= 4 is 11.9 Å². The number of benzene rings is 1. The summed E-state index contributed by atoms with van der Waals surface area (Å²) >= 11 is 0. The van der Waals surface area contributed by atoms with Crippen LogP contribution in [-0.4, -0.2) is 30.6 Å². The van der Waals surface area contributed by atoms with E-state index in [-0.39, 0.29) is 36.9 Å². The number of ether oxygens (including phenoxy) is 1. The standard InChI is InChI=1S/C16H22FN3O3/c1-10(2)23-14-6-3-11(7-13(14)17)8-18-16(22)19-9-15(21)20-12-4-5-12/h3,6-7,10,12H,4-5,8-9H2,1-2H3,(H,20,21)(H2,18,19,22). The fraction of sp³-hybridized carbons (Fsp3) is 0.500. The predicted molar refractivity (Wildman–Crippen MR) is 83.6 cm³/mol. The van der Waals surface area contributed by atoms with Crippen molar-refractivity contribution in [3.05, 3.63) is 29.6 Å². The first-order valence-corrected chi connectivity index (χ1v) is 7.70. The molecule has 6 nitrogen and oxygen atoms in total. The molecule has 0 aromatic heterocycles. The largest absolute Gasteiger partial charge is 0.488 e. The van der Waals surface area contributed by atoms with Crippen molar-refractivity contribution in [2.24, 2.45) is 0 Å². The Labute approximate surface area is 134 Å². The van der Waals surface area contributed by atoms with Crippen LogP contribution >= 0.6 is 0 Å². The van der Waals surface area contributed by atoms with Gasteiger partial charge in [0.1, 0.15) is 0 Å². The van der Waals surface area contributed by atoms with Gasteiger partial charge in [0.05, 0.1) is 12.6 Å². The molecule has 1 saturated carbocycles. The van der Waals surface area contributed by atoms with Gasteiger partial charge in [-0.2, -0.15) is 0 Å². The molecule has 2 rings (SSSR count). The van der Waals surface area contributed by atoms with Crippen molar-refractivity contribution in [2.75, 3.05) is 6.54 Å². The lowest BCUT2D eigenvalue weighted by Gasteiger charge is -2.12. The molecule has 1 fully saturated rings. The van der Waals surface area contributed by atoms with E-state index in [1.165, 1.54) is 12.1 Å². The minimum Gasteiger partial charge on any atom is -0.488 e. The van der Waals surface area contributed by atoms with E-state index in [4.69, 9.17) is 4.74 Å². The highest BCUT2D eigenvalue weighted by Crippen LogP contribution is 2.19. The average molecular weight is 323 g/mol. The molecule has 3 N–H and O–H groups in total. The molecule has 0 saturated heterocycles. The molecule has 0 aliphatic heterocycles. The molecule has 0 spiro atoms. The smallest absolute Gasteiger partial charge is 0.315 e. The van der Waals surface area contributed by atoms with Crippen molar-refractivity contribution < 1.29 is 18.7 Å². The Morgan fingerprint density at radius 2 is 2.04 bits per heavy atom. The molecule has 0 atom stereocenters. The monoisotopic (exact) mass is 323 g/mol. The second-order valence-electron chi connectivity index (χ2n) is 5.81. The molecule has 126 valence electrons. The lowest BCUT2D eigenvalue weighted by atomic mass is 10.2. The summed E-state index contributed by atoms with van der Waals surface area (Å²) in [6, 6.07) is 4.33. The summed E-state index contributed by atoms with van der Waals surface area (Å²) < 4.78 is 19.1. The molecule has 0 unspecified atom stereocenters. The minimum atomic E-state index is -0.473. The summed E-state index contributed by atoms with van der Waals surface area (Å²) in [7, 11) is 0. The maximum absolute atomic E-state index is 13.8. The van der Waals surface area contributed by atoms with Crippen molar-refractivity contribution in [2.45, 2.75) is 45.4 Å². The van der Waals surface area contributed by atoms with Crippen LogP contribution in [-0.2, 0) is 11.3 Å². The molecule has 1 aliphatic carbocycles. The second-order valence-corrected chi connectivity index (χ2v) is 5.81. The van der Waals surface area contributed by atoms with Crippen LogP contribution in [0.2, 0.25) is 0 Å². The molecule has 1 aromatic rings. The third kappa shape index (κ3) is 6.14. The van der Waals surface area contributed by atoms with Crippen molar-refractivity contribution in [1.82, 2.24) is 16.0 Å².